The number of nitrogen functional groups attached to an aromatic ring is 1. The summed E-state index contributed by atoms with van der Waals surface area (Å²) in [5.74, 6) is 0. The van der Waals surface area contributed by atoms with Crippen LogP contribution in [0.4, 0.5) is 10.3 Å². The summed E-state index contributed by atoms with van der Waals surface area (Å²) in [7, 11) is 0. The number of anilines is 2. The highest BCUT2D eigenvalue weighted by molar-refractivity contribution is 7.18. The van der Waals surface area contributed by atoms with Gasteiger partial charge in [-0.25, -0.2) is 0 Å². The summed E-state index contributed by atoms with van der Waals surface area (Å²) in [6, 6.07) is 1.75. The maximum Gasteiger partial charge on any atom is 0.208 e. The Kier molecular flexibility index (Phi) is 2.23. The van der Waals surface area contributed by atoms with Crippen LogP contribution in [-0.4, -0.2) is 16.2 Å². The molecule has 0 spiro atoms. The fourth-order valence-corrected chi connectivity index (χ4v) is 1.11. The van der Waals surface area contributed by atoms with Gasteiger partial charge >= 0.3 is 0 Å². The van der Waals surface area contributed by atoms with Crippen molar-refractivity contribution in [1.29, 1.82) is 5.26 Å². The second-order valence-corrected chi connectivity index (χ2v) is 2.95. The van der Waals surface area contributed by atoms with Crippen LogP contribution in [0.25, 0.3) is 0 Å². The molecule has 1 aromatic heterocycles. The van der Waals surface area contributed by atoms with Gasteiger partial charge in [0.25, 0.3) is 0 Å². The van der Waals surface area contributed by atoms with E-state index in [0.717, 1.165) is 0 Å². The quantitative estimate of drug-likeness (QED) is 0.670. The predicted molar refractivity (Wildman–Crippen MR) is 43.0 cm³/mol. The van der Waals surface area contributed by atoms with Crippen LogP contribution in [-0.2, 0) is 0 Å². The zero-order chi connectivity index (χ0) is 8.27. The van der Waals surface area contributed by atoms with Gasteiger partial charge in [0.05, 0.1) is 6.07 Å². The highest BCUT2D eigenvalue weighted by atomic mass is 32.1. The first-order valence-corrected chi connectivity index (χ1v) is 3.79. The van der Waals surface area contributed by atoms with Crippen molar-refractivity contribution >= 4 is 21.6 Å². The molecular formula is C5H7N5S. The highest BCUT2D eigenvalue weighted by Gasteiger charge is 2.03. The molecule has 0 aromatic carbocycles. The fourth-order valence-electron chi connectivity index (χ4n) is 0.510. The molecule has 1 aromatic rings. The van der Waals surface area contributed by atoms with Crippen LogP contribution in [0.15, 0.2) is 0 Å². The van der Waals surface area contributed by atoms with E-state index in [9.17, 15) is 0 Å². The van der Waals surface area contributed by atoms with Crippen molar-refractivity contribution in [2.24, 2.45) is 0 Å². The normalized spacial score (nSPS) is 12.0. The van der Waals surface area contributed by atoms with Gasteiger partial charge in [0.15, 0.2) is 0 Å². The molecule has 0 aliphatic rings. The van der Waals surface area contributed by atoms with Crippen LogP contribution in [0.1, 0.15) is 6.92 Å². The lowest BCUT2D eigenvalue weighted by atomic mass is 10.4. The van der Waals surface area contributed by atoms with E-state index in [1.54, 1.807) is 6.92 Å². The predicted octanol–water partition coefficient (Wildman–Crippen LogP) is 0.444. The Morgan fingerprint density at radius 2 is 2.45 bits per heavy atom. The molecule has 0 aliphatic carbocycles. The smallest absolute Gasteiger partial charge is 0.208 e. The van der Waals surface area contributed by atoms with Crippen LogP contribution in [0.3, 0.4) is 0 Å². The third-order valence-corrected chi connectivity index (χ3v) is 1.66. The van der Waals surface area contributed by atoms with E-state index >= 15 is 0 Å². The van der Waals surface area contributed by atoms with Gasteiger partial charge in [-0.15, -0.1) is 10.2 Å². The number of nitrogens with zero attached hydrogens (tertiary/aromatic N) is 3. The van der Waals surface area contributed by atoms with Crippen molar-refractivity contribution < 1.29 is 0 Å². The summed E-state index contributed by atoms with van der Waals surface area (Å²) in [4.78, 5) is 0. The van der Waals surface area contributed by atoms with Crippen LogP contribution >= 0.6 is 11.3 Å². The molecule has 5 nitrogen and oxygen atoms in total. The molecule has 0 radical (unpaired) electrons. The second-order valence-electron chi connectivity index (χ2n) is 1.94. The lowest BCUT2D eigenvalue weighted by Crippen LogP contribution is -2.11. The standard InChI is InChI=1S/C5H7N5S/c1-3(2-6)8-5-10-9-4(7)11-5/h3H,1H3,(H2,7,9)(H,8,10). The Morgan fingerprint density at radius 3 is 2.91 bits per heavy atom. The van der Waals surface area contributed by atoms with Crippen LogP contribution in [0.2, 0.25) is 0 Å². The number of aromatic nitrogens is 2. The Balaban J connectivity index is 2.59. The Bertz CT molecular complexity index is 275. The molecule has 1 unspecified atom stereocenters. The van der Waals surface area contributed by atoms with Gasteiger partial charge in [0.2, 0.25) is 10.3 Å². The molecule has 3 N–H and O–H groups in total. The van der Waals surface area contributed by atoms with E-state index in [-0.39, 0.29) is 6.04 Å². The van der Waals surface area contributed by atoms with Crippen LogP contribution < -0.4 is 11.1 Å². The zero-order valence-electron chi connectivity index (χ0n) is 5.90. The average molecular weight is 169 g/mol. The van der Waals surface area contributed by atoms with Crippen molar-refractivity contribution in [1.82, 2.24) is 10.2 Å². The zero-order valence-corrected chi connectivity index (χ0v) is 6.72. The van der Waals surface area contributed by atoms with Gasteiger partial charge in [-0.2, -0.15) is 5.26 Å². The van der Waals surface area contributed by atoms with Crippen molar-refractivity contribution in [3.63, 3.8) is 0 Å². The fraction of sp³-hybridized carbons (Fsp3) is 0.400. The second kappa shape index (κ2) is 3.16. The van der Waals surface area contributed by atoms with Gasteiger partial charge in [-0.05, 0) is 6.92 Å². The Morgan fingerprint density at radius 1 is 1.73 bits per heavy atom. The SMILES string of the molecule is CC(C#N)Nc1nnc(N)s1. The van der Waals surface area contributed by atoms with Gasteiger partial charge in [-0.1, -0.05) is 11.3 Å². The first-order valence-electron chi connectivity index (χ1n) is 2.97. The summed E-state index contributed by atoms with van der Waals surface area (Å²) in [6.07, 6.45) is 0. The lowest BCUT2D eigenvalue weighted by Gasteiger charge is -1.99. The topological polar surface area (TPSA) is 87.6 Å². The summed E-state index contributed by atoms with van der Waals surface area (Å²) in [5, 5.41) is 19.5. The van der Waals surface area contributed by atoms with E-state index in [1.165, 1.54) is 11.3 Å². The molecule has 0 amide bonds. The summed E-state index contributed by atoms with van der Waals surface area (Å²) in [6.45, 7) is 1.73. The number of rotatable bonds is 2. The number of nitrogens with one attached hydrogen (secondary N) is 1. The molecule has 0 fully saturated rings. The molecule has 0 bridgehead atoms. The minimum Gasteiger partial charge on any atom is -0.374 e. The van der Waals surface area contributed by atoms with E-state index < -0.39 is 0 Å². The van der Waals surface area contributed by atoms with E-state index in [2.05, 4.69) is 15.5 Å². The first kappa shape index (κ1) is 7.75. The Labute approximate surface area is 67.9 Å². The maximum absolute atomic E-state index is 8.42. The lowest BCUT2D eigenvalue weighted by molar-refractivity contribution is 0.982. The molecule has 1 heterocycles. The third kappa shape index (κ3) is 2.05. The third-order valence-electron chi connectivity index (χ3n) is 0.974. The molecular weight excluding hydrogens is 162 g/mol. The van der Waals surface area contributed by atoms with E-state index in [1.807, 2.05) is 6.07 Å². The van der Waals surface area contributed by atoms with Crippen LogP contribution in [0, 0.1) is 11.3 Å². The van der Waals surface area contributed by atoms with Gasteiger partial charge in [-0.3, -0.25) is 0 Å². The average Bonchev–Trinajstić information content (AvgIpc) is 2.35. The summed E-state index contributed by atoms with van der Waals surface area (Å²) in [5.41, 5.74) is 5.32. The minimum atomic E-state index is -0.262. The summed E-state index contributed by atoms with van der Waals surface area (Å²) >= 11 is 1.22. The Hall–Kier alpha value is -1.35. The van der Waals surface area contributed by atoms with E-state index in [0.29, 0.717) is 10.3 Å². The largest absolute Gasteiger partial charge is 0.374 e. The number of nitriles is 1. The van der Waals surface area contributed by atoms with Crippen LogP contribution in [0.5, 0.6) is 0 Å². The molecule has 1 atom stereocenters. The molecule has 58 valence electrons. The highest BCUT2D eigenvalue weighted by Crippen LogP contribution is 2.16. The van der Waals surface area contributed by atoms with E-state index in [4.69, 9.17) is 11.0 Å². The molecule has 0 saturated heterocycles. The van der Waals surface area contributed by atoms with Gasteiger partial charge in [0, 0.05) is 0 Å². The monoisotopic (exact) mass is 169 g/mol. The van der Waals surface area contributed by atoms with Crippen molar-refractivity contribution in [3.8, 4) is 6.07 Å². The molecule has 0 saturated carbocycles. The number of nitrogens with two attached hydrogens (primary N) is 1. The summed E-state index contributed by atoms with van der Waals surface area (Å²) < 4.78 is 0. The molecule has 6 heteroatoms. The molecule has 0 aliphatic heterocycles. The van der Waals surface area contributed by atoms with Crippen molar-refractivity contribution in [3.05, 3.63) is 0 Å². The number of hydrogen-bond donors (Lipinski definition) is 2. The minimum absolute atomic E-state index is 0.262. The molecule has 1 rings (SSSR count). The van der Waals surface area contributed by atoms with Crippen molar-refractivity contribution in [2.75, 3.05) is 11.1 Å². The number of hydrogen-bond acceptors (Lipinski definition) is 6. The first-order chi connectivity index (χ1) is 5.22. The maximum atomic E-state index is 8.42. The molecule has 11 heavy (non-hydrogen) atoms. The van der Waals surface area contributed by atoms with Gasteiger partial charge < -0.3 is 11.1 Å². The van der Waals surface area contributed by atoms with Gasteiger partial charge in [0.1, 0.15) is 6.04 Å². The van der Waals surface area contributed by atoms with Crippen molar-refractivity contribution in [2.45, 2.75) is 13.0 Å².